The molecule has 0 fully saturated rings. The van der Waals surface area contributed by atoms with Crippen LogP contribution in [-0.4, -0.2) is 24.2 Å². The van der Waals surface area contributed by atoms with Crippen molar-refractivity contribution in [3.05, 3.63) is 65.4 Å². The standard InChI is InChI=1S/C23H23N3O2/c1-14-4-7-19-20-11-16(13-25-22(20)23(24)26-21(19)8-14)6-5-15-9-17(27-2)12-18(10-15)28-3/h4,7-13H,5-6H2,1-3H3,(H2,24,26). The summed E-state index contributed by atoms with van der Waals surface area (Å²) in [6.45, 7) is 2.05. The molecule has 0 aliphatic heterocycles. The van der Waals surface area contributed by atoms with Crippen LogP contribution in [0.25, 0.3) is 21.8 Å². The summed E-state index contributed by atoms with van der Waals surface area (Å²) in [6, 6.07) is 14.4. The van der Waals surface area contributed by atoms with Crippen molar-refractivity contribution < 1.29 is 9.47 Å². The Balaban J connectivity index is 1.69. The average Bonchev–Trinajstić information content (AvgIpc) is 2.71. The fraction of sp³-hybridized carbons (Fsp3) is 0.217. The fourth-order valence-corrected chi connectivity index (χ4v) is 3.50. The maximum absolute atomic E-state index is 6.15. The van der Waals surface area contributed by atoms with E-state index in [-0.39, 0.29) is 0 Å². The molecule has 0 bridgehead atoms. The van der Waals surface area contributed by atoms with E-state index in [0.29, 0.717) is 5.82 Å². The van der Waals surface area contributed by atoms with Crippen molar-refractivity contribution in [2.45, 2.75) is 19.8 Å². The second kappa shape index (κ2) is 7.35. The van der Waals surface area contributed by atoms with Gasteiger partial charge in [-0.15, -0.1) is 0 Å². The van der Waals surface area contributed by atoms with Gasteiger partial charge in [0, 0.05) is 23.0 Å². The highest BCUT2D eigenvalue weighted by molar-refractivity contribution is 6.08. The minimum absolute atomic E-state index is 0.470. The van der Waals surface area contributed by atoms with Gasteiger partial charge in [0.15, 0.2) is 5.82 Å². The summed E-state index contributed by atoms with van der Waals surface area (Å²) in [6.07, 6.45) is 3.60. The van der Waals surface area contributed by atoms with E-state index in [1.807, 2.05) is 24.4 Å². The van der Waals surface area contributed by atoms with Crippen molar-refractivity contribution in [2.75, 3.05) is 20.0 Å². The van der Waals surface area contributed by atoms with E-state index in [4.69, 9.17) is 15.2 Å². The van der Waals surface area contributed by atoms with Crippen LogP contribution in [0.2, 0.25) is 0 Å². The predicted octanol–water partition coefficient (Wildman–Crippen LogP) is 4.48. The maximum Gasteiger partial charge on any atom is 0.150 e. The van der Waals surface area contributed by atoms with Crippen molar-refractivity contribution in [1.29, 1.82) is 0 Å². The summed E-state index contributed by atoms with van der Waals surface area (Å²) >= 11 is 0. The van der Waals surface area contributed by atoms with Crippen LogP contribution < -0.4 is 15.2 Å². The molecule has 2 N–H and O–H groups in total. The van der Waals surface area contributed by atoms with Crippen molar-refractivity contribution in [3.8, 4) is 11.5 Å². The van der Waals surface area contributed by atoms with Crippen molar-refractivity contribution in [1.82, 2.24) is 9.97 Å². The van der Waals surface area contributed by atoms with Gasteiger partial charge in [-0.2, -0.15) is 0 Å². The third-order valence-corrected chi connectivity index (χ3v) is 4.98. The van der Waals surface area contributed by atoms with Gasteiger partial charge in [-0.05, 0) is 60.7 Å². The Morgan fingerprint density at radius 1 is 0.857 bits per heavy atom. The molecule has 0 amide bonds. The zero-order valence-corrected chi connectivity index (χ0v) is 16.3. The minimum Gasteiger partial charge on any atom is -0.497 e. The largest absolute Gasteiger partial charge is 0.497 e. The Hall–Kier alpha value is -3.34. The van der Waals surface area contributed by atoms with Gasteiger partial charge in [0.25, 0.3) is 0 Å². The number of anilines is 1. The number of nitrogens with two attached hydrogens (primary N) is 1. The third-order valence-electron chi connectivity index (χ3n) is 4.98. The number of pyridine rings is 2. The highest BCUT2D eigenvalue weighted by atomic mass is 16.5. The Labute approximate surface area is 164 Å². The van der Waals surface area contributed by atoms with Crippen LogP contribution in [0.3, 0.4) is 0 Å². The molecule has 0 atom stereocenters. The molecule has 5 heteroatoms. The van der Waals surface area contributed by atoms with Gasteiger partial charge >= 0.3 is 0 Å². The lowest BCUT2D eigenvalue weighted by molar-refractivity contribution is 0.393. The molecule has 2 aromatic heterocycles. The molecule has 5 nitrogen and oxygen atoms in total. The van der Waals surface area contributed by atoms with Crippen molar-refractivity contribution >= 4 is 27.6 Å². The monoisotopic (exact) mass is 373 g/mol. The molecule has 0 spiro atoms. The molecule has 0 saturated heterocycles. The Morgan fingerprint density at radius 2 is 1.57 bits per heavy atom. The number of methoxy groups -OCH3 is 2. The topological polar surface area (TPSA) is 70.3 Å². The highest BCUT2D eigenvalue weighted by Gasteiger charge is 2.09. The molecule has 0 unspecified atom stereocenters. The van der Waals surface area contributed by atoms with Crippen LogP contribution in [0.1, 0.15) is 16.7 Å². The summed E-state index contributed by atoms with van der Waals surface area (Å²) in [5.41, 5.74) is 11.3. The van der Waals surface area contributed by atoms with Crippen LogP contribution >= 0.6 is 0 Å². The van der Waals surface area contributed by atoms with Crippen LogP contribution in [-0.2, 0) is 12.8 Å². The number of hydrogen-bond acceptors (Lipinski definition) is 5. The molecule has 0 aliphatic carbocycles. The second-order valence-electron chi connectivity index (χ2n) is 6.98. The molecule has 4 rings (SSSR count). The normalized spacial score (nSPS) is 11.1. The summed E-state index contributed by atoms with van der Waals surface area (Å²) in [7, 11) is 3.33. The van der Waals surface area contributed by atoms with E-state index in [1.54, 1.807) is 14.2 Å². The molecule has 2 heterocycles. The summed E-state index contributed by atoms with van der Waals surface area (Å²) in [4.78, 5) is 9.11. The number of fused-ring (bicyclic) bond motifs is 3. The SMILES string of the molecule is COc1cc(CCc2cnc3c(N)nc4cc(C)ccc4c3c2)cc(OC)c1. The predicted molar refractivity (Wildman–Crippen MR) is 113 cm³/mol. The zero-order chi connectivity index (χ0) is 19.7. The van der Waals surface area contributed by atoms with Gasteiger partial charge in [-0.1, -0.05) is 12.1 Å². The number of rotatable bonds is 5. The first-order valence-corrected chi connectivity index (χ1v) is 9.24. The number of aryl methyl sites for hydroxylation is 3. The van der Waals surface area contributed by atoms with Crippen molar-refractivity contribution in [3.63, 3.8) is 0 Å². The molecule has 0 radical (unpaired) electrons. The van der Waals surface area contributed by atoms with Crippen molar-refractivity contribution in [2.24, 2.45) is 0 Å². The number of nitrogens with zero attached hydrogens (tertiary/aromatic N) is 2. The number of benzene rings is 2. The van der Waals surface area contributed by atoms with Crippen LogP contribution in [0.4, 0.5) is 5.82 Å². The first-order chi connectivity index (χ1) is 13.6. The molecular formula is C23H23N3O2. The molecule has 4 aromatic rings. The van der Waals surface area contributed by atoms with Crippen LogP contribution in [0.5, 0.6) is 11.5 Å². The lowest BCUT2D eigenvalue weighted by Gasteiger charge is -2.10. The second-order valence-corrected chi connectivity index (χ2v) is 6.98. The lowest BCUT2D eigenvalue weighted by Crippen LogP contribution is -1.98. The van der Waals surface area contributed by atoms with Crippen LogP contribution in [0, 0.1) is 6.92 Å². The molecular weight excluding hydrogens is 350 g/mol. The van der Waals surface area contributed by atoms with Gasteiger partial charge in [-0.25, -0.2) is 4.98 Å². The average molecular weight is 373 g/mol. The summed E-state index contributed by atoms with van der Waals surface area (Å²) < 4.78 is 10.7. The Morgan fingerprint density at radius 3 is 2.29 bits per heavy atom. The number of hydrogen-bond donors (Lipinski definition) is 1. The van der Waals surface area contributed by atoms with Crippen LogP contribution in [0.15, 0.2) is 48.7 Å². The maximum atomic E-state index is 6.15. The smallest absolute Gasteiger partial charge is 0.150 e. The van der Waals surface area contributed by atoms with Gasteiger partial charge < -0.3 is 15.2 Å². The van der Waals surface area contributed by atoms with Gasteiger partial charge in [0.05, 0.1) is 19.7 Å². The molecule has 28 heavy (non-hydrogen) atoms. The van der Waals surface area contributed by atoms with E-state index in [1.165, 1.54) is 0 Å². The quantitative estimate of drug-likeness (QED) is 0.523. The van der Waals surface area contributed by atoms with Gasteiger partial charge in [-0.3, -0.25) is 4.98 Å². The van der Waals surface area contributed by atoms with Gasteiger partial charge in [0.1, 0.15) is 17.0 Å². The zero-order valence-electron chi connectivity index (χ0n) is 16.3. The Bertz CT molecular complexity index is 1150. The Kier molecular flexibility index (Phi) is 4.74. The third kappa shape index (κ3) is 3.43. The molecule has 0 saturated carbocycles. The number of ether oxygens (including phenoxy) is 2. The first kappa shape index (κ1) is 18.0. The number of aromatic nitrogens is 2. The van der Waals surface area contributed by atoms with E-state index in [0.717, 1.165) is 62.8 Å². The highest BCUT2D eigenvalue weighted by Crippen LogP contribution is 2.28. The summed E-state index contributed by atoms with van der Waals surface area (Å²) in [5.74, 6) is 2.06. The van der Waals surface area contributed by atoms with E-state index < -0.39 is 0 Å². The molecule has 0 aliphatic rings. The first-order valence-electron chi connectivity index (χ1n) is 9.24. The van der Waals surface area contributed by atoms with Gasteiger partial charge in [0.2, 0.25) is 0 Å². The fourth-order valence-electron chi connectivity index (χ4n) is 3.50. The minimum atomic E-state index is 0.470. The number of nitrogen functional groups attached to an aromatic ring is 1. The molecule has 142 valence electrons. The van der Waals surface area contributed by atoms with E-state index in [2.05, 4.69) is 41.2 Å². The lowest BCUT2D eigenvalue weighted by atomic mass is 10.0. The molecule has 2 aromatic carbocycles. The summed E-state index contributed by atoms with van der Waals surface area (Å²) in [5, 5.41) is 2.12. The van der Waals surface area contributed by atoms with E-state index >= 15 is 0 Å². The van der Waals surface area contributed by atoms with E-state index in [9.17, 15) is 0 Å².